The second-order valence-corrected chi connectivity index (χ2v) is 7.42. The Balaban J connectivity index is 1.72. The van der Waals surface area contributed by atoms with Gasteiger partial charge in [-0.25, -0.2) is 0 Å². The number of hydrogen-bond donors (Lipinski definition) is 1. The summed E-state index contributed by atoms with van der Waals surface area (Å²) in [5.41, 5.74) is 0.913. The van der Waals surface area contributed by atoms with Crippen LogP contribution in [0.1, 0.15) is 19.0 Å². The third kappa shape index (κ3) is 5.03. The number of thiazole rings is 1. The highest BCUT2D eigenvalue weighted by Crippen LogP contribution is 2.21. The van der Waals surface area contributed by atoms with E-state index in [1.807, 2.05) is 30.5 Å². The summed E-state index contributed by atoms with van der Waals surface area (Å²) >= 11 is 2.91. The molecule has 1 aromatic carbocycles. The van der Waals surface area contributed by atoms with E-state index in [-0.39, 0.29) is 10.8 Å². The number of thioether (sulfide) groups is 1. The van der Waals surface area contributed by atoms with E-state index < -0.39 is 0 Å². The largest absolute Gasteiger partial charge is 0.355 e. The van der Waals surface area contributed by atoms with E-state index in [4.69, 9.17) is 0 Å². The van der Waals surface area contributed by atoms with E-state index in [2.05, 4.69) is 24.4 Å². The molecule has 1 N–H and O–H groups in total. The van der Waals surface area contributed by atoms with Crippen LogP contribution in [0.5, 0.6) is 0 Å². The summed E-state index contributed by atoms with van der Waals surface area (Å²) in [6, 6.07) is 10.1. The van der Waals surface area contributed by atoms with Crippen LogP contribution in [0.4, 0.5) is 0 Å². The van der Waals surface area contributed by atoms with Crippen LogP contribution in [0, 0.1) is 6.92 Å². The number of nitrogens with one attached hydrogen (secondary N) is 1. The third-order valence-corrected chi connectivity index (χ3v) is 5.20. The lowest BCUT2D eigenvalue weighted by Gasteiger charge is -2.12. The lowest BCUT2D eigenvalue weighted by molar-refractivity contribution is -0.121. The first-order valence-corrected chi connectivity index (χ1v) is 8.95. The second-order valence-electron chi connectivity index (χ2n) is 5.09. The lowest BCUT2D eigenvalue weighted by Crippen LogP contribution is -2.30. The molecule has 0 spiro atoms. The third-order valence-electron chi connectivity index (χ3n) is 3.21. The zero-order chi connectivity index (χ0) is 15.9. The van der Waals surface area contributed by atoms with Gasteiger partial charge in [-0.2, -0.15) is 0 Å². The standard InChI is InChI=1S/C16H20N2O2S2/c1-12-11-21-16(20)18(12)9-8-15(19)17-10-13(2)22-14-6-4-3-5-7-14/h3-7,11,13H,8-10H2,1-2H3,(H,17,19)/t13-/m1/s1. The topological polar surface area (TPSA) is 51.1 Å². The smallest absolute Gasteiger partial charge is 0.307 e. The Bertz CT molecular complexity index is 664. The van der Waals surface area contributed by atoms with Crippen molar-refractivity contribution in [1.82, 2.24) is 9.88 Å². The van der Waals surface area contributed by atoms with Crippen molar-refractivity contribution >= 4 is 29.0 Å². The minimum Gasteiger partial charge on any atom is -0.355 e. The van der Waals surface area contributed by atoms with E-state index in [1.165, 1.54) is 16.2 Å². The quantitative estimate of drug-likeness (QED) is 0.791. The molecule has 1 aromatic heterocycles. The molecule has 1 amide bonds. The Labute approximate surface area is 138 Å². The van der Waals surface area contributed by atoms with Crippen LogP contribution >= 0.6 is 23.1 Å². The zero-order valence-electron chi connectivity index (χ0n) is 12.7. The summed E-state index contributed by atoms with van der Waals surface area (Å²) in [7, 11) is 0. The first-order valence-electron chi connectivity index (χ1n) is 7.19. The monoisotopic (exact) mass is 336 g/mol. The van der Waals surface area contributed by atoms with Gasteiger partial charge >= 0.3 is 4.87 Å². The fraction of sp³-hybridized carbons (Fsp3) is 0.375. The molecule has 4 nitrogen and oxygen atoms in total. The Morgan fingerprint density at radius 1 is 1.36 bits per heavy atom. The molecule has 1 heterocycles. The maximum absolute atomic E-state index is 11.9. The molecule has 0 radical (unpaired) electrons. The first kappa shape index (κ1) is 16.8. The molecule has 118 valence electrons. The molecule has 0 fully saturated rings. The number of amides is 1. The minimum atomic E-state index is -0.0157. The molecule has 2 aromatic rings. The lowest BCUT2D eigenvalue weighted by atomic mass is 10.3. The van der Waals surface area contributed by atoms with Crippen molar-refractivity contribution in [3.05, 3.63) is 51.1 Å². The molecular weight excluding hydrogens is 316 g/mol. The van der Waals surface area contributed by atoms with Gasteiger partial charge in [-0.3, -0.25) is 9.59 Å². The van der Waals surface area contributed by atoms with E-state index in [0.717, 1.165) is 5.69 Å². The molecule has 0 unspecified atom stereocenters. The molecule has 1 atom stereocenters. The van der Waals surface area contributed by atoms with Crippen LogP contribution in [-0.2, 0) is 11.3 Å². The zero-order valence-corrected chi connectivity index (χ0v) is 14.4. The van der Waals surface area contributed by atoms with Gasteiger partial charge < -0.3 is 9.88 Å². The van der Waals surface area contributed by atoms with Crippen molar-refractivity contribution in [3.63, 3.8) is 0 Å². The van der Waals surface area contributed by atoms with Gasteiger partial charge in [0.2, 0.25) is 5.91 Å². The summed E-state index contributed by atoms with van der Waals surface area (Å²) in [6.07, 6.45) is 0.334. The number of benzene rings is 1. The van der Waals surface area contributed by atoms with Gasteiger partial charge in [0.05, 0.1) is 0 Å². The molecule has 0 bridgehead atoms. The number of carbonyl (C=O) groups excluding carboxylic acids is 1. The van der Waals surface area contributed by atoms with E-state index in [0.29, 0.717) is 24.8 Å². The minimum absolute atomic E-state index is 0.00157. The van der Waals surface area contributed by atoms with Crippen molar-refractivity contribution in [2.24, 2.45) is 0 Å². The van der Waals surface area contributed by atoms with Crippen molar-refractivity contribution < 1.29 is 4.79 Å². The molecule has 0 saturated heterocycles. The Kier molecular flexibility index (Phi) is 6.27. The van der Waals surface area contributed by atoms with Crippen LogP contribution < -0.4 is 10.2 Å². The highest BCUT2D eigenvalue weighted by atomic mass is 32.2. The molecule has 6 heteroatoms. The maximum Gasteiger partial charge on any atom is 0.307 e. The van der Waals surface area contributed by atoms with Gasteiger partial charge in [-0.1, -0.05) is 36.5 Å². The molecule has 0 aliphatic heterocycles. The Hall–Kier alpha value is -1.53. The fourth-order valence-corrected chi connectivity index (χ4v) is 3.71. The highest BCUT2D eigenvalue weighted by Gasteiger charge is 2.09. The normalized spacial score (nSPS) is 12.1. The SMILES string of the molecule is Cc1csc(=O)n1CCC(=O)NC[C@@H](C)Sc1ccccc1. The molecule has 2 rings (SSSR count). The first-order chi connectivity index (χ1) is 10.6. The second kappa shape index (κ2) is 8.19. The summed E-state index contributed by atoms with van der Waals surface area (Å²) in [4.78, 5) is 24.7. The van der Waals surface area contributed by atoms with E-state index in [1.54, 1.807) is 16.3 Å². The summed E-state index contributed by atoms with van der Waals surface area (Å²) < 4.78 is 1.65. The van der Waals surface area contributed by atoms with Crippen LogP contribution in [0.15, 0.2) is 45.4 Å². The molecular formula is C16H20N2O2S2. The van der Waals surface area contributed by atoms with Crippen LogP contribution in [0.25, 0.3) is 0 Å². The number of nitrogens with zero attached hydrogens (tertiary/aromatic N) is 1. The predicted molar refractivity (Wildman–Crippen MR) is 92.7 cm³/mol. The van der Waals surface area contributed by atoms with E-state index in [9.17, 15) is 9.59 Å². The predicted octanol–water partition coefficient (Wildman–Crippen LogP) is 2.91. The van der Waals surface area contributed by atoms with Crippen molar-refractivity contribution in [1.29, 1.82) is 0 Å². The molecule has 0 aliphatic rings. The van der Waals surface area contributed by atoms with Crippen molar-refractivity contribution in [2.45, 2.75) is 37.0 Å². The van der Waals surface area contributed by atoms with Crippen LogP contribution in [0.3, 0.4) is 0 Å². The van der Waals surface area contributed by atoms with E-state index >= 15 is 0 Å². The number of aromatic nitrogens is 1. The Morgan fingerprint density at radius 2 is 2.09 bits per heavy atom. The number of hydrogen-bond acceptors (Lipinski definition) is 4. The summed E-state index contributed by atoms with van der Waals surface area (Å²) in [5.74, 6) is -0.0157. The molecule has 0 aliphatic carbocycles. The maximum atomic E-state index is 11.9. The average molecular weight is 336 g/mol. The summed E-state index contributed by atoms with van der Waals surface area (Å²) in [6.45, 7) is 5.04. The fourth-order valence-electron chi connectivity index (χ4n) is 2.01. The molecule has 0 saturated carbocycles. The van der Waals surface area contributed by atoms with Gasteiger partial charge in [-0.15, -0.1) is 11.8 Å². The summed E-state index contributed by atoms with van der Waals surface area (Å²) in [5, 5.41) is 5.05. The van der Waals surface area contributed by atoms with Crippen molar-refractivity contribution in [2.75, 3.05) is 6.54 Å². The highest BCUT2D eigenvalue weighted by molar-refractivity contribution is 8.00. The number of aryl methyl sites for hydroxylation is 1. The van der Waals surface area contributed by atoms with Gasteiger partial charge in [0, 0.05) is 40.7 Å². The van der Waals surface area contributed by atoms with Gasteiger partial charge in [0.15, 0.2) is 0 Å². The van der Waals surface area contributed by atoms with Gasteiger partial charge in [0.1, 0.15) is 0 Å². The number of carbonyl (C=O) groups is 1. The van der Waals surface area contributed by atoms with Crippen molar-refractivity contribution in [3.8, 4) is 0 Å². The Morgan fingerprint density at radius 3 is 2.73 bits per heavy atom. The number of rotatable bonds is 7. The van der Waals surface area contributed by atoms with Crippen LogP contribution in [-0.4, -0.2) is 22.3 Å². The van der Waals surface area contributed by atoms with Gasteiger partial charge in [-0.05, 0) is 19.1 Å². The van der Waals surface area contributed by atoms with Crippen LogP contribution in [0.2, 0.25) is 0 Å². The molecule has 22 heavy (non-hydrogen) atoms. The average Bonchev–Trinajstić information content (AvgIpc) is 2.83. The van der Waals surface area contributed by atoms with Gasteiger partial charge in [0.25, 0.3) is 0 Å².